The molecule has 3 atom stereocenters. The van der Waals surface area contributed by atoms with Crippen LogP contribution in [-0.2, 0) is 19.9 Å². The molecule has 0 saturated carbocycles. The van der Waals surface area contributed by atoms with Crippen molar-refractivity contribution in [3.8, 4) is 0 Å². The zero-order chi connectivity index (χ0) is 50.7. The zero-order valence-corrected chi connectivity index (χ0v) is 43.6. The summed E-state index contributed by atoms with van der Waals surface area (Å²) >= 11 is 7.53. The third-order valence-corrected chi connectivity index (χ3v) is 18.6. The fourth-order valence-electron chi connectivity index (χ4n) is 10.3. The highest BCUT2D eigenvalue weighted by Crippen LogP contribution is 2.39. The van der Waals surface area contributed by atoms with Gasteiger partial charge >= 0.3 is 5.51 Å². The number of piperazine rings is 1. The number of fused-ring (bicyclic) bond motifs is 1. The lowest BCUT2D eigenvalue weighted by Gasteiger charge is -2.37. The Hall–Kier alpha value is -4.17. The molecule has 11 nitrogen and oxygen atoms in total. The van der Waals surface area contributed by atoms with Gasteiger partial charge < -0.3 is 15.1 Å². The van der Waals surface area contributed by atoms with E-state index in [1.54, 1.807) is 24.3 Å². The summed E-state index contributed by atoms with van der Waals surface area (Å²) in [5, 5.41) is 3.43. The predicted molar refractivity (Wildman–Crippen MR) is 275 cm³/mol. The quantitative estimate of drug-likeness (QED) is 0.0824. The molecule has 71 heavy (non-hydrogen) atoms. The molecule has 19 heteroatoms. The fraction of sp³-hybridized carbons (Fsp3) is 0.481. The Morgan fingerprint density at radius 1 is 0.803 bits per heavy atom. The maximum atomic E-state index is 15.0. The number of amides is 1. The molecule has 4 aromatic carbocycles. The molecule has 2 N–H and O–H groups in total. The summed E-state index contributed by atoms with van der Waals surface area (Å²) in [5.41, 5.74) is -2.36. The summed E-state index contributed by atoms with van der Waals surface area (Å²) in [4.78, 5) is 21.7. The average Bonchev–Trinajstić information content (AvgIpc) is 3.83. The second kappa shape index (κ2) is 22.1. The van der Waals surface area contributed by atoms with Crippen molar-refractivity contribution in [3.05, 3.63) is 119 Å². The number of allylic oxidation sites excluding steroid dienone is 1. The molecule has 4 aromatic rings. The summed E-state index contributed by atoms with van der Waals surface area (Å²) < 4.78 is 114. The second-order valence-electron chi connectivity index (χ2n) is 20.2. The van der Waals surface area contributed by atoms with Crippen LogP contribution in [0.4, 0.5) is 28.9 Å². The first-order chi connectivity index (χ1) is 33.6. The fourth-order valence-corrected chi connectivity index (χ4v) is 13.5. The molecule has 2 unspecified atom stereocenters. The van der Waals surface area contributed by atoms with E-state index in [9.17, 15) is 34.8 Å². The van der Waals surface area contributed by atoms with Crippen LogP contribution in [0.15, 0.2) is 111 Å². The second-order valence-corrected chi connectivity index (χ2v) is 25.4. The highest BCUT2D eigenvalue weighted by atomic mass is 35.5. The van der Waals surface area contributed by atoms with Crippen molar-refractivity contribution in [2.45, 2.75) is 91.1 Å². The smallest absolute Gasteiger partial charge is 0.380 e. The van der Waals surface area contributed by atoms with Crippen LogP contribution < -0.4 is 14.9 Å². The van der Waals surface area contributed by atoms with E-state index >= 15 is 4.39 Å². The van der Waals surface area contributed by atoms with E-state index in [1.165, 1.54) is 35.5 Å². The van der Waals surface area contributed by atoms with Gasteiger partial charge in [-0.05, 0) is 137 Å². The zero-order valence-electron chi connectivity index (χ0n) is 40.4. The minimum atomic E-state index is -6.08. The molecule has 384 valence electrons. The van der Waals surface area contributed by atoms with Gasteiger partial charge in [0, 0.05) is 110 Å². The van der Waals surface area contributed by atoms with Crippen LogP contribution in [0.5, 0.6) is 0 Å². The first kappa shape index (κ1) is 53.1. The van der Waals surface area contributed by atoms with Crippen molar-refractivity contribution < 1.29 is 39.2 Å². The number of hydrogen-bond acceptors (Lipinski definition) is 11. The number of anilines is 2. The standard InChI is InChI=1S/C52H63ClF4N6O5S3/c1-51(2,3)63-33-38-31-61(32-39(38)34-63)23-22-41(35-69-43-11-7-5-8-12-43)58-48-21-19-44(29-49(48)70(65,66)52(55,56)57)71(67,68)59-50(64)36-14-17-42(18-15-36)62-26-24-60(25-27-62)30-37-10-6-4-9-13-45(37)46-20-16-40(53)28-47(46)54/h5,7-8,11-12,14-21,28-29,38-39,41,58H,4,6,9-10,13,22-27,30-35H2,1-3H3,(H,59,64)/t38?,39?,41-/m1/s1. The molecule has 0 radical (unpaired) electrons. The lowest BCUT2D eigenvalue weighted by atomic mass is 9.95. The third kappa shape index (κ3) is 13.0. The van der Waals surface area contributed by atoms with Crippen molar-refractivity contribution in [1.29, 1.82) is 0 Å². The van der Waals surface area contributed by atoms with Crippen molar-refractivity contribution in [1.82, 2.24) is 19.4 Å². The van der Waals surface area contributed by atoms with Crippen molar-refractivity contribution >= 4 is 66.1 Å². The number of nitrogens with zero attached hydrogens (tertiary/aromatic N) is 4. The van der Waals surface area contributed by atoms with Gasteiger partial charge in [0.25, 0.3) is 25.8 Å². The minimum absolute atomic E-state index is 0.0217. The number of likely N-dealkylation sites (tertiary alicyclic amines) is 2. The number of carbonyl (C=O) groups is 1. The van der Waals surface area contributed by atoms with Gasteiger partial charge in [-0.3, -0.25) is 14.6 Å². The summed E-state index contributed by atoms with van der Waals surface area (Å²) in [6.07, 6.45) is 5.33. The van der Waals surface area contributed by atoms with Gasteiger partial charge in [-0.1, -0.05) is 47.9 Å². The lowest BCUT2D eigenvalue weighted by Crippen LogP contribution is -2.47. The number of carbonyl (C=O) groups excluding carboxylic acids is 1. The largest absolute Gasteiger partial charge is 0.501 e. The molecule has 3 fully saturated rings. The molecule has 3 saturated heterocycles. The Balaban J connectivity index is 0.926. The normalized spacial score (nSPS) is 20.5. The minimum Gasteiger partial charge on any atom is -0.380 e. The van der Waals surface area contributed by atoms with Gasteiger partial charge in [-0.15, -0.1) is 11.8 Å². The number of sulfonamides is 1. The van der Waals surface area contributed by atoms with Crippen LogP contribution in [-0.4, -0.2) is 126 Å². The molecule has 0 spiro atoms. The van der Waals surface area contributed by atoms with Gasteiger partial charge in [0.15, 0.2) is 0 Å². The molecular weight excluding hydrogens is 996 g/mol. The molecule has 0 bridgehead atoms. The predicted octanol–water partition coefficient (Wildman–Crippen LogP) is 10.1. The Morgan fingerprint density at radius 3 is 2.13 bits per heavy atom. The Bertz CT molecular complexity index is 2770. The van der Waals surface area contributed by atoms with Gasteiger partial charge in [-0.25, -0.2) is 25.9 Å². The topological polar surface area (TPSA) is 122 Å². The molecule has 0 aromatic heterocycles. The van der Waals surface area contributed by atoms with Gasteiger partial charge in [0.2, 0.25) is 0 Å². The van der Waals surface area contributed by atoms with Crippen LogP contribution in [0, 0.1) is 17.7 Å². The maximum Gasteiger partial charge on any atom is 0.501 e. The van der Waals surface area contributed by atoms with E-state index < -0.39 is 47.1 Å². The molecule has 1 aliphatic carbocycles. The van der Waals surface area contributed by atoms with Crippen LogP contribution in [0.3, 0.4) is 0 Å². The van der Waals surface area contributed by atoms with Crippen molar-refractivity contribution in [2.75, 3.05) is 81.4 Å². The summed E-state index contributed by atoms with van der Waals surface area (Å²) in [5.74, 6) is 0.0543. The van der Waals surface area contributed by atoms with Crippen molar-refractivity contribution in [3.63, 3.8) is 0 Å². The first-order valence-electron chi connectivity index (χ1n) is 24.3. The molecule has 3 heterocycles. The number of thioether (sulfide) groups is 1. The highest BCUT2D eigenvalue weighted by Gasteiger charge is 2.49. The summed E-state index contributed by atoms with van der Waals surface area (Å²) in [6, 6.07) is 22.6. The van der Waals surface area contributed by atoms with Crippen LogP contribution in [0.25, 0.3) is 5.57 Å². The molecule has 4 aliphatic rings. The Labute approximate surface area is 425 Å². The van der Waals surface area contributed by atoms with E-state index in [0.717, 1.165) is 106 Å². The number of alkyl halides is 3. The van der Waals surface area contributed by atoms with E-state index in [4.69, 9.17) is 11.6 Å². The van der Waals surface area contributed by atoms with Gasteiger partial charge in [-0.2, -0.15) is 13.2 Å². The number of halogens is 5. The Kier molecular flexibility index (Phi) is 16.6. The molecule has 1 amide bonds. The SMILES string of the molecule is CC(C)(C)N1CC2CN(CC[C@H](CSc3ccccc3)Nc3ccc(S(=O)(=O)NC(=O)c4ccc(N5CCN(CC6=C(c7ccc(Cl)cc7F)CCCCC6)CC5)cc4)cc3S(=O)(=O)C(F)(F)F)CC2C1. The van der Waals surface area contributed by atoms with E-state index in [0.29, 0.717) is 60.3 Å². The number of sulfone groups is 1. The Morgan fingerprint density at radius 2 is 1.48 bits per heavy atom. The molecule has 8 rings (SSSR count). The maximum absolute atomic E-state index is 15.0. The van der Waals surface area contributed by atoms with Crippen molar-refractivity contribution in [2.24, 2.45) is 11.8 Å². The van der Waals surface area contributed by atoms with Crippen LogP contribution in [0.2, 0.25) is 5.02 Å². The number of hydrogen-bond donors (Lipinski definition) is 2. The third-order valence-electron chi connectivity index (χ3n) is 14.3. The highest BCUT2D eigenvalue weighted by molar-refractivity contribution is 7.99. The number of rotatable bonds is 16. The number of nitrogens with one attached hydrogen (secondary N) is 2. The van der Waals surface area contributed by atoms with Gasteiger partial charge in [0.1, 0.15) is 10.7 Å². The average molecular weight is 1060 g/mol. The van der Waals surface area contributed by atoms with E-state index in [-0.39, 0.29) is 22.6 Å². The van der Waals surface area contributed by atoms with E-state index in [1.807, 2.05) is 35.1 Å². The molecule has 3 aliphatic heterocycles. The lowest BCUT2D eigenvalue weighted by molar-refractivity contribution is -0.0435. The number of benzene rings is 4. The monoisotopic (exact) mass is 1060 g/mol. The van der Waals surface area contributed by atoms with E-state index in [2.05, 4.69) is 45.7 Å². The summed E-state index contributed by atoms with van der Waals surface area (Å²) in [6.45, 7) is 14.6. The first-order valence-corrected chi connectivity index (χ1v) is 28.7. The molecular formula is C52H63ClF4N6O5S3. The van der Waals surface area contributed by atoms with Gasteiger partial charge in [0.05, 0.1) is 10.6 Å². The van der Waals surface area contributed by atoms with Crippen LogP contribution in [0.1, 0.15) is 75.2 Å². The summed E-state index contributed by atoms with van der Waals surface area (Å²) in [7, 11) is -10.9. The van der Waals surface area contributed by atoms with Crippen LogP contribution >= 0.6 is 23.4 Å².